The predicted molar refractivity (Wildman–Crippen MR) is 117 cm³/mol. The number of quaternary nitrogens is 1. The molecule has 1 heterocycles. The summed E-state index contributed by atoms with van der Waals surface area (Å²) in [4.78, 5) is 16.5. The summed E-state index contributed by atoms with van der Waals surface area (Å²) in [6.07, 6.45) is 0. The molecule has 1 aliphatic heterocycles. The molecule has 0 radical (unpaired) electrons. The Labute approximate surface area is 177 Å². The van der Waals surface area contributed by atoms with Crippen LogP contribution in [0.5, 0.6) is 11.5 Å². The SMILES string of the molecule is CCOc1ccccc1OCC(=O)Nc1cc(Cl)ccc1N1CC[NH+](CC)CC1. The highest BCUT2D eigenvalue weighted by Crippen LogP contribution is 2.30. The fourth-order valence-corrected chi connectivity index (χ4v) is 3.65. The number of piperazine rings is 1. The second-order valence-corrected chi connectivity index (χ2v) is 7.41. The molecule has 2 aromatic rings. The van der Waals surface area contributed by atoms with Crippen molar-refractivity contribution >= 4 is 28.9 Å². The number of ether oxygens (including phenoxy) is 2. The Bertz CT molecular complexity index is 823. The van der Waals surface area contributed by atoms with Crippen LogP contribution in [0.4, 0.5) is 11.4 Å². The van der Waals surface area contributed by atoms with Gasteiger partial charge in [-0.3, -0.25) is 4.79 Å². The highest BCUT2D eigenvalue weighted by molar-refractivity contribution is 6.31. The number of likely N-dealkylation sites (N-methyl/N-ethyl adjacent to an activating group) is 1. The van der Waals surface area contributed by atoms with Gasteiger partial charge in [0.05, 0.1) is 50.7 Å². The summed E-state index contributed by atoms with van der Waals surface area (Å²) in [5.74, 6) is 0.939. The summed E-state index contributed by atoms with van der Waals surface area (Å²) in [7, 11) is 0. The lowest BCUT2D eigenvalue weighted by Gasteiger charge is -2.34. The first-order valence-electron chi connectivity index (χ1n) is 10.1. The third kappa shape index (κ3) is 5.78. The number of hydrogen-bond donors (Lipinski definition) is 2. The second-order valence-electron chi connectivity index (χ2n) is 6.97. The maximum atomic E-state index is 12.6. The lowest BCUT2D eigenvalue weighted by Crippen LogP contribution is -3.14. The fourth-order valence-electron chi connectivity index (χ4n) is 3.48. The molecule has 0 aromatic heterocycles. The van der Waals surface area contributed by atoms with E-state index in [0.717, 1.165) is 38.4 Å². The van der Waals surface area contributed by atoms with Gasteiger partial charge in [-0.2, -0.15) is 0 Å². The Morgan fingerprint density at radius 3 is 2.45 bits per heavy atom. The van der Waals surface area contributed by atoms with E-state index >= 15 is 0 Å². The summed E-state index contributed by atoms with van der Waals surface area (Å²) in [5.41, 5.74) is 1.71. The minimum atomic E-state index is -0.238. The highest BCUT2D eigenvalue weighted by atomic mass is 35.5. The highest BCUT2D eigenvalue weighted by Gasteiger charge is 2.21. The molecule has 1 saturated heterocycles. The average Bonchev–Trinajstić information content (AvgIpc) is 2.74. The Hall–Kier alpha value is -2.44. The van der Waals surface area contributed by atoms with E-state index in [2.05, 4.69) is 17.1 Å². The number of rotatable bonds is 8. The number of halogens is 1. The van der Waals surface area contributed by atoms with Crippen molar-refractivity contribution < 1.29 is 19.2 Å². The molecular weight excluding hydrogens is 390 g/mol. The van der Waals surface area contributed by atoms with Crippen molar-refractivity contribution in [2.24, 2.45) is 0 Å². The van der Waals surface area contributed by atoms with Gasteiger partial charge in [-0.05, 0) is 44.2 Å². The van der Waals surface area contributed by atoms with Crippen LogP contribution < -0.4 is 24.6 Å². The van der Waals surface area contributed by atoms with E-state index in [0.29, 0.717) is 28.8 Å². The first kappa shape index (κ1) is 21.3. The van der Waals surface area contributed by atoms with Crippen LogP contribution in [-0.4, -0.2) is 51.8 Å². The summed E-state index contributed by atoms with van der Waals surface area (Å²) < 4.78 is 11.2. The molecular formula is C22H29ClN3O3+. The Morgan fingerprint density at radius 2 is 1.79 bits per heavy atom. The summed E-state index contributed by atoms with van der Waals surface area (Å²) >= 11 is 6.19. The van der Waals surface area contributed by atoms with Gasteiger partial charge in [-0.25, -0.2) is 0 Å². The second kappa shape index (κ2) is 10.4. The minimum absolute atomic E-state index is 0.107. The molecule has 0 atom stereocenters. The quantitative estimate of drug-likeness (QED) is 0.691. The number of hydrogen-bond acceptors (Lipinski definition) is 4. The van der Waals surface area contributed by atoms with Crippen molar-refractivity contribution in [2.45, 2.75) is 13.8 Å². The van der Waals surface area contributed by atoms with Crippen molar-refractivity contribution in [3.8, 4) is 11.5 Å². The zero-order chi connectivity index (χ0) is 20.6. The van der Waals surface area contributed by atoms with Gasteiger partial charge in [0, 0.05) is 5.02 Å². The van der Waals surface area contributed by atoms with Gasteiger partial charge < -0.3 is 24.6 Å². The summed E-state index contributed by atoms with van der Waals surface area (Å²) in [6.45, 7) is 9.76. The Balaban J connectivity index is 1.65. The molecule has 0 unspecified atom stereocenters. The molecule has 0 bridgehead atoms. The predicted octanol–water partition coefficient (Wildman–Crippen LogP) is 2.48. The maximum Gasteiger partial charge on any atom is 0.262 e. The van der Waals surface area contributed by atoms with Crippen molar-refractivity contribution in [1.82, 2.24) is 0 Å². The van der Waals surface area contributed by atoms with E-state index in [4.69, 9.17) is 21.1 Å². The number of amides is 1. The molecule has 2 N–H and O–H groups in total. The first-order valence-corrected chi connectivity index (χ1v) is 10.5. The van der Waals surface area contributed by atoms with Crippen molar-refractivity contribution in [2.75, 3.05) is 56.2 Å². The number of nitrogens with one attached hydrogen (secondary N) is 2. The standard InChI is InChI=1S/C22H28ClN3O3/c1-3-25-11-13-26(14-12-25)19-10-9-17(23)15-18(19)24-22(27)16-29-21-8-6-5-7-20(21)28-4-2/h5-10,15H,3-4,11-14,16H2,1-2H3,(H,24,27)/p+1. The molecule has 1 fully saturated rings. The van der Waals surface area contributed by atoms with Gasteiger partial charge in [0.15, 0.2) is 18.1 Å². The number of anilines is 2. The molecule has 156 valence electrons. The normalized spacial score (nSPS) is 14.5. The molecule has 2 aromatic carbocycles. The van der Waals surface area contributed by atoms with E-state index in [9.17, 15) is 4.79 Å². The van der Waals surface area contributed by atoms with E-state index < -0.39 is 0 Å². The van der Waals surface area contributed by atoms with E-state index in [1.165, 1.54) is 0 Å². The first-order chi connectivity index (χ1) is 14.1. The number of carbonyl (C=O) groups excluding carboxylic acids is 1. The zero-order valence-corrected chi connectivity index (χ0v) is 17.8. The van der Waals surface area contributed by atoms with Crippen LogP contribution in [0.3, 0.4) is 0 Å². The monoisotopic (exact) mass is 418 g/mol. The zero-order valence-electron chi connectivity index (χ0n) is 17.0. The van der Waals surface area contributed by atoms with E-state index in [-0.39, 0.29) is 12.5 Å². The van der Waals surface area contributed by atoms with Crippen LogP contribution in [0, 0.1) is 0 Å². The Morgan fingerprint density at radius 1 is 1.10 bits per heavy atom. The average molecular weight is 419 g/mol. The number of para-hydroxylation sites is 2. The van der Waals surface area contributed by atoms with Crippen molar-refractivity contribution in [3.63, 3.8) is 0 Å². The van der Waals surface area contributed by atoms with Crippen LogP contribution in [0.25, 0.3) is 0 Å². The van der Waals surface area contributed by atoms with E-state index in [1.807, 2.05) is 37.3 Å². The van der Waals surface area contributed by atoms with Crippen LogP contribution in [0.15, 0.2) is 42.5 Å². The molecule has 0 aliphatic carbocycles. The molecule has 0 spiro atoms. The lowest BCUT2D eigenvalue weighted by atomic mass is 10.2. The lowest BCUT2D eigenvalue weighted by molar-refractivity contribution is -0.898. The van der Waals surface area contributed by atoms with Gasteiger partial charge in [0.2, 0.25) is 0 Å². The molecule has 7 heteroatoms. The van der Waals surface area contributed by atoms with E-state index in [1.54, 1.807) is 17.0 Å². The van der Waals surface area contributed by atoms with Crippen molar-refractivity contribution in [1.29, 1.82) is 0 Å². The number of carbonyl (C=O) groups is 1. The third-order valence-corrected chi connectivity index (χ3v) is 5.29. The smallest absolute Gasteiger partial charge is 0.262 e. The Kier molecular flexibility index (Phi) is 7.61. The minimum Gasteiger partial charge on any atom is -0.490 e. The largest absolute Gasteiger partial charge is 0.490 e. The maximum absolute atomic E-state index is 12.6. The topological polar surface area (TPSA) is 55.2 Å². The van der Waals surface area contributed by atoms with Crippen LogP contribution in [0.2, 0.25) is 5.02 Å². The molecule has 0 saturated carbocycles. The molecule has 1 aliphatic rings. The number of benzene rings is 2. The summed E-state index contributed by atoms with van der Waals surface area (Å²) in [6, 6.07) is 13.0. The van der Waals surface area contributed by atoms with Crippen molar-refractivity contribution in [3.05, 3.63) is 47.5 Å². The molecule has 3 rings (SSSR count). The third-order valence-electron chi connectivity index (χ3n) is 5.05. The van der Waals surface area contributed by atoms with Gasteiger partial charge in [0.25, 0.3) is 5.91 Å². The van der Waals surface area contributed by atoms with Crippen LogP contribution >= 0.6 is 11.6 Å². The molecule has 6 nitrogen and oxygen atoms in total. The summed E-state index contributed by atoms with van der Waals surface area (Å²) in [5, 5.41) is 3.55. The van der Waals surface area contributed by atoms with Crippen LogP contribution in [-0.2, 0) is 4.79 Å². The van der Waals surface area contributed by atoms with Gasteiger partial charge in [0.1, 0.15) is 0 Å². The fraction of sp³-hybridized carbons (Fsp3) is 0.409. The van der Waals surface area contributed by atoms with Gasteiger partial charge in [-0.1, -0.05) is 23.7 Å². The molecule has 29 heavy (non-hydrogen) atoms. The van der Waals surface area contributed by atoms with Gasteiger partial charge >= 0.3 is 0 Å². The molecule has 1 amide bonds. The number of nitrogens with zero attached hydrogens (tertiary/aromatic N) is 1. The van der Waals surface area contributed by atoms with Gasteiger partial charge in [-0.15, -0.1) is 0 Å². The van der Waals surface area contributed by atoms with Crippen LogP contribution in [0.1, 0.15) is 13.8 Å².